The van der Waals surface area contributed by atoms with Gasteiger partial charge in [0.1, 0.15) is 0 Å². The van der Waals surface area contributed by atoms with E-state index in [1.807, 2.05) is 0 Å². The number of benzene rings is 3. The van der Waals surface area contributed by atoms with Crippen molar-refractivity contribution in [1.29, 1.82) is 0 Å². The van der Waals surface area contributed by atoms with Gasteiger partial charge in [-0.3, -0.25) is 14.1 Å². The lowest BCUT2D eigenvalue weighted by atomic mass is 10.2. The molecule has 0 aliphatic heterocycles. The minimum Gasteiger partial charge on any atom is -0.408 e. The monoisotopic (exact) mass is 473 g/mol. The maximum atomic E-state index is 13.3. The molecule has 0 aliphatic carbocycles. The third-order valence-electron chi connectivity index (χ3n) is 4.76. The van der Waals surface area contributed by atoms with Crippen LogP contribution in [0.15, 0.2) is 80.8 Å². The molecular formula is C22H17F2N3O5S. The van der Waals surface area contributed by atoms with E-state index in [1.54, 1.807) is 24.3 Å². The first-order valence-electron chi connectivity index (χ1n) is 9.69. The fourth-order valence-electron chi connectivity index (χ4n) is 3.14. The Bertz CT molecular complexity index is 1490. The van der Waals surface area contributed by atoms with Gasteiger partial charge in [0, 0.05) is 24.3 Å². The molecule has 4 aromatic rings. The largest absolute Gasteiger partial charge is 0.419 e. The van der Waals surface area contributed by atoms with Gasteiger partial charge in [0.2, 0.25) is 5.91 Å². The molecule has 0 fully saturated rings. The first-order valence-corrected chi connectivity index (χ1v) is 11.2. The number of hydrogen-bond donors (Lipinski definition) is 2. The zero-order valence-corrected chi connectivity index (χ0v) is 17.7. The minimum absolute atomic E-state index is 0.00788. The molecule has 0 bridgehead atoms. The number of aryl methyl sites for hydroxylation is 1. The van der Waals surface area contributed by atoms with E-state index in [0.29, 0.717) is 22.9 Å². The van der Waals surface area contributed by atoms with E-state index in [4.69, 9.17) is 4.42 Å². The molecule has 0 aliphatic rings. The van der Waals surface area contributed by atoms with Crippen LogP contribution >= 0.6 is 0 Å². The topological polar surface area (TPSA) is 110 Å². The fourth-order valence-corrected chi connectivity index (χ4v) is 4.21. The van der Waals surface area contributed by atoms with E-state index >= 15 is 0 Å². The summed E-state index contributed by atoms with van der Waals surface area (Å²) in [4.78, 5) is 23.8. The quantitative estimate of drug-likeness (QED) is 0.425. The maximum Gasteiger partial charge on any atom is 0.419 e. The molecule has 1 aromatic heterocycles. The van der Waals surface area contributed by atoms with Crippen LogP contribution in [0.3, 0.4) is 0 Å². The van der Waals surface area contributed by atoms with Gasteiger partial charge in [-0.2, -0.15) is 0 Å². The van der Waals surface area contributed by atoms with E-state index in [1.165, 1.54) is 28.8 Å². The Morgan fingerprint density at radius 1 is 0.939 bits per heavy atom. The number of carbonyl (C=O) groups excluding carboxylic acids is 1. The van der Waals surface area contributed by atoms with Gasteiger partial charge in [0.25, 0.3) is 10.0 Å². The highest BCUT2D eigenvalue weighted by Crippen LogP contribution is 2.20. The number of nitrogens with zero attached hydrogens (tertiary/aromatic N) is 1. The van der Waals surface area contributed by atoms with E-state index in [9.17, 15) is 26.8 Å². The van der Waals surface area contributed by atoms with Crippen LogP contribution in [-0.2, 0) is 21.4 Å². The lowest BCUT2D eigenvalue weighted by Crippen LogP contribution is -2.19. The molecule has 0 saturated heterocycles. The lowest BCUT2D eigenvalue weighted by Gasteiger charge is -2.10. The van der Waals surface area contributed by atoms with Gasteiger partial charge in [-0.1, -0.05) is 12.1 Å². The van der Waals surface area contributed by atoms with Gasteiger partial charge in [-0.25, -0.2) is 22.0 Å². The summed E-state index contributed by atoms with van der Waals surface area (Å²) in [6, 6.07) is 14.9. The number of aromatic nitrogens is 1. The number of fused-ring (bicyclic) bond motifs is 1. The summed E-state index contributed by atoms with van der Waals surface area (Å²) in [7, 11) is -4.13. The third kappa shape index (κ3) is 4.93. The molecule has 1 amide bonds. The van der Waals surface area contributed by atoms with Crippen LogP contribution in [0.25, 0.3) is 11.1 Å². The molecule has 1 heterocycles. The summed E-state index contributed by atoms with van der Waals surface area (Å²) in [5.41, 5.74) is 1.59. The summed E-state index contributed by atoms with van der Waals surface area (Å²) in [6.45, 7) is 0.119. The summed E-state index contributed by atoms with van der Waals surface area (Å²) in [5.74, 6) is -3.34. The zero-order chi connectivity index (χ0) is 23.6. The number of carbonyl (C=O) groups is 1. The van der Waals surface area contributed by atoms with Crippen molar-refractivity contribution < 1.29 is 26.4 Å². The molecule has 33 heavy (non-hydrogen) atoms. The molecule has 0 saturated carbocycles. The molecular weight excluding hydrogens is 456 g/mol. The number of para-hydroxylation sites is 2. The molecule has 0 radical (unpaired) electrons. The highest BCUT2D eigenvalue weighted by Gasteiger charge is 2.17. The number of sulfonamides is 1. The smallest absolute Gasteiger partial charge is 0.408 e. The Kier molecular flexibility index (Phi) is 5.97. The predicted octanol–water partition coefficient (Wildman–Crippen LogP) is 3.70. The second kappa shape index (κ2) is 8.87. The van der Waals surface area contributed by atoms with E-state index < -0.39 is 32.3 Å². The van der Waals surface area contributed by atoms with Gasteiger partial charge in [-0.15, -0.1) is 0 Å². The maximum absolute atomic E-state index is 13.3. The van der Waals surface area contributed by atoms with Gasteiger partial charge in [0.05, 0.1) is 10.4 Å². The average molecular weight is 473 g/mol. The lowest BCUT2D eigenvalue weighted by molar-refractivity contribution is -0.116. The molecule has 0 unspecified atom stereocenters. The number of rotatable bonds is 7. The molecule has 11 heteroatoms. The van der Waals surface area contributed by atoms with Gasteiger partial charge >= 0.3 is 5.76 Å². The number of hydrogen-bond acceptors (Lipinski definition) is 5. The van der Waals surface area contributed by atoms with Crippen molar-refractivity contribution in [1.82, 2.24) is 4.57 Å². The predicted molar refractivity (Wildman–Crippen MR) is 117 cm³/mol. The van der Waals surface area contributed by atoms with E-state index in [2.05, 4.69) is 10.0 Å². The molecule has 4 rings (SSSR count). The highest BCUT2D eigenvalue weighted by atomic mass is 32.2. The van der Waals surface area contributed by atoms with Crippen molar-refractivity contribution in [3.05, 3.63) is 88.9 Å². The molecule has 0 atom stereocenters. The van der Waals surface area contributed by atoms with Crippen LogP contribution in [0.1, 0.15) is 6.42 Å². The van der Waals surface area contributed by atoms with Gasteiger partial charge < -0.3 is 9.73 Å². The standard InChI is InChI=1S/C22H17F2N3O5S/c23-17-10-9-16(13-18(17)24)33(30,31)26-15-7-5-14(6-8-15)25-21(28)11-12-27-19-3-1-2-4-20(19)32-22(27)29/h1-10,13,26H,11-12H2,(H,25,28). The Morgan fingerprint density at radius 3 is 2.36 bits per heavy atom. The van der Waals surface area contributed by atoms with Crippen LogP contribution < -0.4 is 15.8 Å². The van der Waals surface area contributed by atoms with Crippen molar-refractivity contribution in [2.75, 3.05) is 10.0 Å². The minimum atomic E-state index is -4.13. The molecule has 8 nitrogen and oxygen atoms in total. The zero-order valence-electron chi connectivity index (χ0n) is 16.9. The Hall–Kier alpha value is -3.99. The highest BCUT2D eigenvalue weighted by molar-refractivity contribution is 7.92. The normalized spacial score (nSPS) is 11.5. The van der Waals surface area contributed by atoms with E-state index in [0.717, 1.165) is 12.1 Å². The molecule has 0 spiro atoms. The van der Waals surface area contributed by atoms with Crippen molar-refractivity contribution >= 4 is 38.4 Å². The van der Waals surface area contributed by atoms with Crippen molar-refractivity contribution in [3.63, 3.8) is 0 Å². The number of halogens is 2. The summed E-state index contributed by atoms with van der Waals surface area (Å²) in [5, 5.41) is 2.65. The van der Waals surface area contributed by atoms with Crippen molar-refractivity contribution in [3.8, 4) is 0 Å². The summed E-state index contributed by atoms with van der Waals surface area (Å²) >= 11 is 0. The number of amides is 1. The number of oxazole rings is 1. The van der Waals surface area contributed by atoms with Crippen molar-refractivity contribution in [2.45, 2.75) is 17.9 Å². The number of nitrogens with one attached hydrogen (secondary N) is 2. The van der Waals surface area contributed by atoms with Crippen molar-refractivity contribution in [2.24, 2.45) is 0 Å². The molecule has 3 aromatic carbocycles. The fraction of sp³-hybridized carbons (Fsp3) is 0.0909. The summed E-state index contributed by atoms with van der Waals surface area (Å²) < 4.78 is 59.8. The van der Waals surface area contributed by atoms with Crippen LogP contribution in [-0.4, -0.2) is 18.9 Å². The second-order valence-electron chi connectivity index (χ2n) is 7.04. The van der Waals surface area contributed by atoms with Crippen LogP contribution in [0, 0.1) is 11.6 Å². The third-order valence-corrected chi connectivity index (χ3v) is 6.14. The first-order chi connectivity index (χ1) is 15.7. The van der Waals surface area contributed by atoms with Crippen LogP contribution in [0.5, 0.6) is 0 Å². The Labute approximate surface area is 186 Å². The van der Waals surface area contributed by atoms with E-state index in [-0.39, 0.29) is 24.6 Å². The van der Waals surface area contributed by atoms with Crippen LogP contribution in [0.4, 0.5) is 20.2 Å². The first kappa shape index (κ1) is 22.2. The SMILES string of the molecule is O=C(CCn1c(=O)oc2ccccc21)Nc1ccc(NS(=O)(=O)c2ccc(F)c(F)c2)cc1. The van der Waals surface area contributed by atoms with Gasteiger partial charge in [-0.05, 0) is 54.6 Å². The molecule has 170 valence electrons. The Balaban J connectivity index is 1.38. The average Bonchev–Trinajstić information content (AvgIpc) is 3.10. The number of anilines is 2. The Morgan fingerprint density at radius 2 is 1.64 bits per heavy atom. The second-order valence-corrected chi connectivity index (χ2v) is 8.73. The van der Waals surface area contributed by atoms with Crippen LogP contribution in [0.2, 0.25) is 0 Å². The summed E-state index contributed by atoms with van der Waals surface area (Å²) in [6.07, 6.45) is 0.00788. The molecule has 2 N–H and O–H groups in total. The van der Waals surface area contributed by atoms with Gasteiger partial charge in [0.15, 0.2) is 17.2 Å².